The molecule has 9 heteroatoms. The number of benzene rings is 1. The fourth-order valence-electron chi connectivity index (χ4n) is 3.11. The van der Waals surface area contributed by atoms with Crippen molar-refractivity contribution >= 4 is 29.4 Å². The van der Waals surface area contributed by atoms with E-state index in [9.17, 15) is 4.79 Å². The molecule has 0 radical (unpaired) electrons. The Kier molecular flexibility index (Phi) is 7.63. The number of nitrogens with one attached hydrogen (secondary N) is 2. The van der Waals surface area contributed by atoms with Gasteiger partial charge in [-0.25, -0.2) is 9.97 Å². The van der Waals surface area contributed by atoms with Gasteiger partial charge in [0, 0.05) is 70.2 Å². The van der Waals surface area contributed by atoms with E-state index in [2.05, 4.69) is 30.5 Å². The standard InChI is InChI=1S/C20H26ClN7O/c1-22-19(26-15-16-4-2-5-17(21)14-16)23-9-6-18(29)27-10-12-28(13-11-27)20-24-7-3-8-25-20/h2-5,7-8,14H,6,9-13,15H2,1H3,(H2,22,23,26). The first-order chi connectivity index (χ1) is 14.2. The minimum atomic E-state index is 0.136. The smallest absolute Gasteiger partial charge is 0.225 e. The van der Waals surface area contributed by atoms with Gasteiger partial charge in [-0.3, -0.25) is 9.79 Å². The number of halogens is 1. The number of carbonyl (C=O) groups is 1. The van der Waals surface area contributed by atoms with E-state index in [-0.39, 0.29) is 5.91 Å². The van der Waals surface area contributed by atoms with Crippen LogP contribution in [0.5, 0.6) is 0 Å². The zero-order valence-electron chi connectivity index (χ0n) is 16.5. The van der Waals surface area contributed by atoms with Gasteiger partial charge in [-0.15, -0.1) is 0 Å². The molecule has 0 spiro atoms. The van der Waals surface area contributed by atoms with Crippen molar-refractivity contribution in [1.29, 1.82) is 0 Å². The van der Waals surface area contributed by atoms with Gasteiger partial charge in [-0.2, -0.15) is 0 Å². The van der Waals surface area contributed by atoms with E-state index in [1.807, 2.05) is 29.2 Å². The second-order valence-corrected chi connectivity index (χ2v) is 7.09. The van der Waals surface area contributed by atoms with Crippen LogP contribution in [-0.4, -0.2) is 66.5 Å². The lowest BCUT2D eigenvalue weighted by Gasteiger charge is -2.34. The molecular formula is C20H26ClN7O. The molecule has 0 atom stereocenters. The maximum absolute atomic E-state index is 12.5. The fraction of sp³-hybridized carbons (Fsp3) is 0.400. The number of aliphatic imine (C=N–C) groups is 1. The molecule has 8 nitrogen and oxygen atoms in total. The number of carbonyl (C=O) groups excluding carboxylic acids is 1. The topological polar surface area (TPSA) is 85.8 Å². The van der Waals surface area contributed by atoms with Crippen LogP contribution in [0.15, 0.2) is 47.7 Å². The molecule has 1 aromatic carbocycles. The molecule has 3 rings (SSSR count). The Morgan fingerprint density at radius 1 is 1.14 bits per heavy atom. The number of hydrogen-bond donors (Lipinski definition) is 2. The lowest BCUT2D eigenvalue weighted by atomic mass is 10.2. The van der Waals surface area contributed by atoms with Crippen LogP contribution >= 0.6 is 11.6 Å². The Morgan fingerprint density at radius 2 is 1.90 bits per heavy atom. The van der Waals surface area contributed by atoms with Gasteiger partial charge >= 0.3 is 0 Å². The molecule has 1 aliphatic heterocycles. The van der Waals surface area contributed by atoms with Crippen molar-refractivity contribution in [1.82, 2.24) is 25.5 Å². The highest BCUT2D eigenvalue weighted by Crippen LogP contribution is 2.11. The summed E-state index contributed by atoms with van der Waals surface area (Å²) < 4.78 is 0. The van der Waals surface area contributed by atoms with Crippen LogP contribution in [0.1, 0.15) is 12.0 Å². The van der Waals surface area contributed by atoms with Gasteiger partial charge in [0.25, 0.3) is 0 Å². The summed E-state index contributed by atoms with van der Waals surface area (Å²) in [5.41, 5.74) is 1.07. The summed E-state index contributed by atoms with van der Waals surface area (Å²) in [5.74, 6) is 1.51. The molecule has 2 aromatic rings. The van der Waals surface area contributed by atoms with Crippen LogP contribution < -0.4 is 15.5 Å². The fourth-order valence-corrected chi connectivity index (χ4v) is 3.32. The Labute approximate surface area is 176 Å². The van der Waals surface area contributed by atoms with Crippen molar-refractivity contribution in [2.45, 2.75) is 13.0 Å². The molecule has 1 aromatic heterocycles. The predicted molar refractivity (Wildman–Crippen MR) is 115 cm³/mol. The molecular weight excluding hydrogens is 390 g/mol. The van der Waals surface area contributed by atoms with Crippen molar-refractivity contribution in [3.05, 3.63) is 53.3 Å². The normalized spacial score (nSPS) is 14.6. The van der Waals surface area contributed by atoms with E-state index < -0.39 is 0 Å². The van der Waals surface area contributed by atoms with Gasteiger partial charge in [-0.1, -0.05) is 23.7 Å². The zero-order chi connectivity index (χ0) is 20.5. The third-order valence-electron chi connectivity index (χ3n) is 4.67. The molecule has 0 bridgehead atoms. The summed E-state index contributed by atoms with van der Waals surface area (Å²) >= 11 is 6.00. The highest BCUT2D eigenvalue weighted by atomic mass is 35.5. The van der Waals surface area contributed by atoms with Crippen LogP contribution in [0, 0.1) is 0 Å². The molecule has 0 aliphatic carbocycles. The first-order valence-electron chi connectivity index (χ1n) is 9.64. The van der Waals surface area contributed by atoms with Crippen molar-refractivity contribution in [2.75, 3.05) is 44.7 Å². The maximum atomic E-state index is 12.5. The van der Waals surface area contributed by atoms with Crippen LogP contribution in [0.3, 0.4) is 0 Å². The molecule has 1 amide bonds. The number of hydrogen-bond acceptors (Lipinski definition) is 5. The van der Waals surface area contributed by atoms with Gasteiger partial charge in [0.1, 0.15) is 0 Å². The molecule has 1 saturated heterocycles. The average Bonchev–Trinajstić information content (AvgIpc) is 2.76. The van der Waals surface area contributed by atoms with Crippen LogP contribution in [0.4, 0.5) is 5.95 Å². The predicted octanol–water partition coefficient (Wildman–Crippen LogP) is 1.53. The van der Waals surface area contributed by atoms with Gasteiger partial charge in [-0.05, 0) is 23.8 Å². The Balaban J connectivity index is 1.37. The number of nitrogens with zero attached hydrogens (tertiary/aromatic N) is 5. The highest BCUT2D eigenvalue weighted by molar-refractivity contribution is 6.30. The molecule has 0 unspecified atom stereocenters. The summed E-state index contributed by atoms with van der Waals surface area (Å²) in [6.45, 7) is 3.98. The van der Waals surface area contributed by atoms with Gasteiger partial charge in [0.15, 0.2) is 5.96 Å². The number of amides is 1. The van der Waals surface area contributed by atoms with Gasteiger partial charge in [0.05, 0.1) is 0 Å². The van der Waals surface area contributed by atoms with Crippen molar-refractivity contribution in [3.63, 3.8) is 0 Å². The molecule has 0 saturated carbocycles. The Morgan fingerprint density at radius 3 is 2.59 bits per heavy atom. The number of guanidine groups is 1. The summed E-state index contributed by atoms with van der Waals surface area (Å²) in [5, 5.41) is 7.12. The van der Waals surface area contributed by atoms with E-state index in [0.717, 1.165) is 24.6 Å². The number of rotatable bonds is 6. The van der Waals surface area contributed by atoms with E-state index >= 15 is 0 Å². The molecule has 29 heavy (non-hydrogen) atoms. The number of anilines is 1. The SMILES string of the molecule is CN=C(NCCC(=O)N1CCN(c2ncccn2)CC1)NCc1cccc(Cl)c1. The minimum Gasteiger partial charge on any atom is -0.356 e. The van der Waals surface area contributed by atoms with E-state index in [1.54, 1.807) is 25.5 Å². The highest BCUT2D eigenvalue weighted by Gasteiger charge is 2.22. The maximum Gasteiger partial charge on any atom is 0.225 e. The molecule has 1 fully saturated rings. The van der Waals surface area contributed by atoms with E-state index in [4.69, 9.17) is 11.6 Å². The Bertz CT molecular complexity index is 823. The lowest BCUT2D eigenvalue weighted by Crippen LogP contribution is -2.50. The second-order valence-electron chi connectivity index (χ2n) is 6.65. The van der Waals surface area contributed by atoms with Crippen LogP contribution in [-0.2, 0) is 11.3 Å². The summed E-state index contributed by atoms with van der Waals surface area (Å²) in [6.07, 6.45) is 3.89. The van der Waals surface area contributed by atoms with Crippen LogP contribution in [0.25, 0.3) is 0 Å². The first-order valence-corrected chi connectivity index (χ1v) is 10.0. The number of aromatic nitrogens is 2. The second kappa shape index (κ2) is 10.6. The molecule has 2 heterocycles. The third kappa shape index (κ3) is 6.32. The first kappa shape index (κ1) is 20.9. The third-order valence-corrected chi connectivity index (χ3v) is 4.91. The molecule has 154 valence electrons. The lowest BCUT2D eigenvalue weighted by molar-refractivity contribution is -0.131. The van der Waals surface area contributed by atoms with Crippen LogP contribution in [0.2, 0.25) is 5.02 Å². The van der Waals surface area contributed by atoms with E-state index in [0.29, 0.717) is 43.6 Å². The van der Waals surface area contributed by atoms with Crippen molar-refractivity contribution in [3.8, 4) is 0 Å². The Hall–Kier alpha value is -2.87. The molecule has 1 aliphatic rings. The van der Waals surface area contributed by atoms with Crippen molar-refractivity contribution < 1.29 is 4.79 Å². The van der Waals surface area contributed by atoms with E-state index in [1.165, 1.54) is 0 Å². The minimum absolute atomic E-state index is 0.136. The quantitative estimate of drug-likeness (QED) is 0.549. The van der Waals surface area contributed by atoms with Gasteiger partial charge < -0.3 is 20.4 Å². The van der Waals surface area contributed by atoms with Gasteiger partial charge in [0.2, 0.25) is 11.9 Å². The summed E-state index contributed by atoms with van der Waals surface area (Å²) in [6, 6.07) is 9.46. The van der Waals surface area contributed by atoms with Crippen molar-refractivity contribution in [2.24, 2.45) is 4.99 Å². The monoisotopic (exact) mass is 415 g/mol. The molecule has 2 N–H and O–H groups in total. The number of piperazine rings is 1. The summed E-state index contributed by atoms with van der Waals surface area (Å²) in [4.78, 5) is 29.2. The largest absolute Gasteiger partial charge is 0.356 e. The summed E-state index contributed by atoms with van der Waals surface area (Å²) in [7, 11) is 1.71. The zero-order valence-corrected chi connectivity index (χ0v) is 17.3. The average molecular weight is 416 g/mol.